The molecule has 8 rings (SSSR count). The zero-order valence-electron chi connectivity index (χ0n) is 28.6. The van der Waals surface area contributed by atoms with Crippen LogP contribution in [0.15, 0.2) is 36.4 Å². The van der Waals surface area contributed by atoms with Crippen molar-refractivity contribution in [2.45, 2.75) is 88.5 Å². The molecule has 1 aromatic heterocycles. The zero-order chi connectivity index (χ0) is 33.7. The summed E-state index contributed by atoms with van der Waals surface area (Å²) >= 11 is 0. The van der Waals surface area contributed by atoms with Gasteiger partial charge < -0.3 is 29.7 Å². The lowest BCUT2D eigenvalue weighted by molar-refractivity contribution is 0.0553. The topological polar surface area (TPSA) is 124 Å². The van der Waals surface area contributed by atoms with E-state index in [0.29, 0.717) is 38.9 Å². The highest BCUT2D eigenvalue weighted by atomic mass is 16.5. The molecule has 0 saturated carbocycles. The predicted octanol–water partition coefficient (Wildman–Crippen LogP) is 4.82. The fraction of sp³-hybridized carbons (Fsp3) is 0.568. The number of hydrogen-bond acceptors (Lipinski definition) is 9. The van der Waals surface area contributed by atoms with Crippen molar-refractivity contribution in [1.29, 1.82) is 0 Å². The number of benzene rings is 2. The molecular weight excluding hydrogens is 622 g/mol. The zero-order valence-corrected chi connectivity index (χ0v) is 28.6. The van der Waals surface area contributed by atoms with E-state index in [1.807, 2.05) is 0 Å². The van der Waals surface area contributed by atoms with Crippen molar-refractivity contribution in [2.75, 3.05) is 56.2 Å². The third-order valence-electron chi connectivity index (χ3n) is 11.8. The van der Waals surface area contributed by atoms with Gasteiger partial charge in [0.25, 0.3) is 0 Å². The Morgan fingerprint density at radius 2 is 1.82 bits per heavy atom. The molecule has 3 aromatic rings. The van der Waals surface area contributed by atoms with Crippen LogP contribution >= 0.6 is 0 Å². The third-order valence-corrected chi connectivity index (χ3v) is 11.8. The number of nitrogens with one attached hydrogen (secondary N) is 1. The number of carbonyl (C=O) groups is 2. The summed E-state index contributed by atoms with van der Waals surface area (Å²) in [6.07, 6.45) is 6.32. The number of rotatable bonds is 8. The minimum absolute atomic E-state index is 0.0344. The second-order valence-corrected chi connectivity index (χ2v) is 14.4. The molecule has 0 unspecified atom stereocenters. The van der Waals surface area contributed by atoms with Crippen LogP contribution in [0.2, 0.25) is 0 Å². The monoisotopic (exact) mass is 669 g/mol. The molecule has 260 valence electrons. The molecule has 4 saturated heterocycles. The van der Waals surface area contributed by atoms with Gasteiger partial charge in [-0.25, -0.2) is 9.59 Å². The highest BCUT2D eigenvalue weighted by Gasteiger charge is 2.50. The lowest BCUT2D eigenvalue weighted by Gasteiger charge is -2.41. The fourth-order valence-electron chi connectivity index (χ4n) is 9.50. The number of carboxylic acid groups (broad SMARTS) is 1. The summed E-state index contributed by atoms with van der Waals surface area (Å²) in [5.41, 5.74) is 4.57. The number of fused-ring (bicyclic) bond motifs is 5. The molecule has 0 spiro atoms. The second-order valence-electron chi connectivity index (χ2n) is 14.4. The second kappa shape index (κ2) is 12.9. The van der Waals surface area contributed by atoms with Gasteiger partial charge in [-0.2, -0.15) is 9.97 Å². The van der Waals surface area contributed by atoms with Gasteiger partial charge in [-0.1, -0.05) is 37.3 Å². The maximum absolute atomic E-state index is 12.1. The summed E-state index contributed by atoms with van der Waals surface area (Å²) in [6.45, 7) is 6.77. The number of alkyl carbamates (subject to hydrolysis) is 1. The first-order valence-electron chi connectivity index (χ1n) is 18.0. The highest BCUT2D eigenvalue weighted by Crippen LogP contribution is 2.43. The number of aromatic nitrogens is 2. The molecule has 2 N–H and O–H groups in total. The van der Waals surface area contributed by atoms with Crippen LogP contribution in [0.25, 0.3) is 10.8 Å². The third kappa shape index (κ3) is 5.67. The summed E-state index contributed by atoms with van der Waals surface area (Å²) in [5, 5.41) is 15.0. The minimum atomic E-state index is -0.825. The first kappa shape index (κ1) is 31.9. The van der Waals surface area contributed by atoms with Gasteiger partial charge in [0.1, 0.15) is 19.0 Å². The van der Waals surface area contributed by atoms with Gasteiger partial charge in [0.2, 0.25) is 0 Å². The van der Waals surface area contributed by atoms with Crippen molar-refractivity contribution < 1.29 is 24.2 Å². The van der Waals surface area contributed by atoms with Crippen molar-refractivity contribution in [1.82, 2.24) is 25.1 Å². The van der Waals surface area contributed by atoms with Crippen molar-refractivity contribution in [3.8, 4) is 6.01 Å². The average Bonchev–Trinajstić information content (AvgIpc) is 3.78. The number of anilines is 2. The molecule has 0 aliphatic carbocycles. The molecular formula is C37H47N7O5. The van der Waals surface area contributed by atoms with Crippen LogP contribution in [-0.4, -0.2) is 107 Å². The summed E-state index contributed by atoms with van der Waals surface area (Å²) in [4.78, 5) is 43.0. The Kier molecular flexibility index (Phi) is 8.37. The number of amides is 2. The first-order valence-corrected chi connectivity index (χ1v) is 18.0. The molecule has 12 heteroatoms. The summed E-state index contributed by atoms with van der Waals surface area (Å²) in [5.74, 6) is 0.901. The maximum atomic E-state index is 12.1. The van der Waals surface area contributed by atoms with Crippen LogP contribution in [0.4, 0.5) is 21.1 Å². The van der Waals surface area contributed by atoms with E-state index in [4.69, 9.17) is 19.4 Å². The van der Waals surface area contributed by atoms with Crippen LogP contribution in [0.5, 0.6) is 6.01 Å². The Hall–Kier alpha value is -4.32. The standard InChI is InChI=1S/C37H47N7O5/c1-3-24-7-4-8-25-9-5-10-31(32(24)25)41-18-14-29-30(21-41)39-34(40-33(29)42-19-26-11-12-27(20-42)44(26)36(46)47)49-23-37-15-6-17-43(37)28(13-16-37)22-48-35(45)38-2/h4-5,7-10,26-28H,3,6,11-23H2,1-2H3,(H,38,45)(H,46,47)/t26-,27+,28-,37-/m1/s1. The predicted molar refractivity (Wildman–Crippen MR) is 187 cm³/mol. The number of carbonyl (C=O) groups excluding carboxylic acids is 1. The SMILES string of the molecule is CCc1cccc2cccc(N3CCc4c(nc(OC[C@]56CCCN5[C@@H](COC(=O)NC)CC6)nc4N4C[C@H]5CC[C@@H](C4)N5C(=O)O)C3)c12. The number of piperazine rings is 1. The molecule has 12 nitrogen and oxygen atoms in total. The van der Waals surface area contributed by atoms with E-state index in [9.17, 15) is 14.7 Å². The molecule has 2 aromatic carbocycles. The molecule has 0 radical (unpaired) electrons. The van der Waals surface area contributed by atoms with Crippen LogP contribution in [-0.2, 0) is 24.1 Å². The summed E-state index contributed by atoms with van der Waals surface area (Å²) < 4.78 is 12.1. The molecule has 49 heavy (non-hydrogen) atoms. The summed E-state index contributed by atoms with van der Waals surface area (Å²) in [6, 6.07) is 13.6. The van der Waals surface area contributed by atoms with Gasteiger partial charge in [-0.05, 0) is 74.9 Å². The lowest BCUT2D eigenvalue weighted by atomic mass is 9.95. The number of hydrogen-bond donors (Lipinski definition) is 2. The normalized spacial score (nSPS) is 26.2. The van der Waals surface area contributed by atoms with Crippen molar-refractivity contribution in [3.63, 3.8) is 0 Å². The van der Waals surface area contributed by atoms with E-state index < -0.39 is 12.2 Å². The van der Waals surface area contributed by atoms with E-state index in [2.05, 4.69) is 63.3 Å². The smallest absolute Gasteiger partial charge is 0.407 e. The molecule has 4 fully saturated rings. The molecule has 2 amide bonds. The largest absolute Gasteiger partial charge is 0.465 e. The lowest BCUT2D eigenvalue weighted by Crippen LogP contribution is -2.56. The Balaban J connectivity index is 1.10. The molecule has 2 bridgehead atoms. The Bertz CT molecular complexity index is 1730. The van der Waals surface area contributed by atoms with Gasteiger partial charge in [0.15, 0.2) is 0 Å². The molecule has 5 aliphatic rings. The molecule has 6 heterocycles. The van der Waals surface area contributed by atoms with E-state index in [1.165, 1.54) is 22.0 Å². The van der Waals surface area contributed by atoms with E-state index in [1.54, 1.807) is 11.9 Å². The average molecular weight is 670 g/mol. The van der Waals surface area contributed by atoms with Crippen LogP contribution in [0.3, 0.4) is 0 Å². The number of aryl methyl sites for hydroxylation is 1. The van der Waals surface area contributed by atoms with Gasteiger partial charge in [-0.15, -0.1) is 0 Å². The van der Waals surface area contributed by atoms with Crippen LogP contribution in [0.1, 0.15) is 62.3 Å². The number of nitrogens with zero attached hydrogens (tertiary/aromatic N) is 6. The Labute approximate surface area is 287 Å². The van der Waals surface area contributed by atoms with Gasteiger partial charge in [0.05, 0.1) is 29.9 Å². The summed E-state index contributed by atoms with van der Waals surface area (Å²) in [7, 11) is 1.58. The van der Waals surface area contributed by atoms with E-state index >= 15 is 0 Å². The van der Waals surface area contributed by atoms with Crippen LogP contribution < -0.4 is 19.9 Å². The Morgan fingerprint density at radius 1 is 1.02 bits per heavy atom. The Morgan fingerprint density at radius 3 is 2.57 bits per heavy atom. The minimum Gasteiger partial charge on any atom is -0.465 e. The quantitative estimate of drug-likeness (QED) is 0.345. The van der Waals surface area contributed by atoms with E-state index in [0.717, 1.165) is 81.5 Å². The van der Waals surface area contributed by atoms with Gasteiger partial charge >= 0.3 is 18.2 Å². The maximum Gasteiger partial charge on any atom is 0.407 e. The van der Waals surface area contributed by atoms with Crippen LogP contribution in [0, 0.1) is 0 Å². The molecule has 4 atom stereocenters. The van der Waals surface area contributed by atoms with E-state index in [-0.39, 0.29) is 23.7 Å². The number of ether oxygens (including phenoxy) is 2. The van der Waals surface area contributed by atoms with Crippen molar-refractivity contribution in [2.24, 2.45) is 0 Å². The van der Waals surface area contributed by atoms with Gasteiger partial charge in [-0.3, -0.25) is 9.80 Å². The van der Waals surface area contributed by atoms with Crippen molar-refractivity contribution >= 4 is 34.5 Å². The molecule has 5 aliphatic heterocycles. The first-order chi connectivity index (χ1) is 23.9. The van der Waals surface area contributed by atoms with Gasteiger partial charge in [0, 0.05) is 49.4 Å². The fourth-order valence-corrected chi connectivity index (χ4v) is 9.50. The van der Waals surface area contributed by atoms with Crippen molar-refractivity contribution in [3.05, 3.63) is 53.2 Å². The highest BCUT2D eigenvalue weighted by molar-refractivity contribution is 5.97.